The van der Waals surface area contributed by atoms with Gasteiger partial charge in [-0.25, -0.2) is 0 Å². The topological polar surface area (TPSA) is 57.6 Å². The van der Waals surface area contributed by atoms with Crippen molar-refractivity contribution in [1.29, 1.82) is 0 Å². The second-order valence-electron chi connectivity index (χ2n) is 3.99. The van der Waals surface area contributed by atoms with Crippen molar-refractivity contribution in [2.75, 3.05) is 12.3 Å². The molecule has 0 fully saturated rings. The standard InChI is InChI=1S/C11H21NO3S/c1-5-12(9(4)6-11(14)15)10(13)7-16-8(2)3/h8-9H,5-7H2,1-4H3,(H,14,15). The predicted octanol–water partition coefficient (Wildman–Crippen LogP) is 1.84. The first-order valence-corrected chi connectivity index (χ1v) is 6.56. The summed E-state index contributed by atoms with van der Waals surface area (Å²) in [5.74, 6) is -0.416. The molecule has 0 aliphatic heterocycles. The Bertz CT molecular complexity index is 243. The Morgan fingerprint density at radius 3 is 2.25 bits per heavy atom. The molecule has 1 unspecified atom stereocenters. The lowest BCUT2D eigenvalue weighted by atomic mass is 10.2. The number of rotatable bonds is 7. The highest BCUT2D eigenvalue weighted by Gasteiger charge is 2.20. The normalized spacial score (nSPS) is 12.6. The Morgan fingerprint density at radius 1 is 1.31 bits per heavy atom. The van der Waals surface area contributed by atoms with E-state index in [-0.39, 0.29) is 18.4 Å². The van der Waals surface area contributed by atoms with Gasteiger partial charge in [0, 0.05) is 12.6 Å². The predicted molar refractivity (Wildman–Crippen MR) is 66.7 cm³/mol. The van der Waals surface area contributed by atoms with Crippen LogP contribution in [0.1, 0.15) is 34.1 Å². The maximum Gasteiger partial charge on any atom is 0.305 e. The average Bonchev–Trinajstić information content (AvgIpc) is 2.14. The van der Waals surface area contributed by atoms with Crippen LogP contribution in [0.3, 0.4) is 0 Å². The molecule has 0 aromatic rings. The third kappa shape index (κ3) is 6.00. The molecular formula is C11H21NO3S. The van der Waals surface area contributed by atoms with Crippen LogP contribution in [0.4, 0.5) is 0 Å². The van der Waals surface area contributed by atoms with Crippen LogP contribution in [0.15, 0.2) is 0 Å². The van der Waals surface area contributed by atoms with E-state index in [4.69, 9.17) is 5.11 Å². The molecule has 0 aromatic heterocycles. The van der Waals surface area contributed by atoms with Crippen molar-refractivity contribution in [3.05, 3.63) is 0 Å². The summed E-state index contributed by atoms with van der Waals surface area (Å²) in [5, 5.41) is 9.10. The molecule has 5 heteroatoms. The smallest absolute Gasteiger partial charge is 0.305 e. The summed E-state index contributed by atoms with van der Waals surface area (Å²) in [6.07, 6.45) is 0.00588. The van der Waals surface area contributed by atoms with Gasteiger partial charge in [0.15, 0.2) is 0 Å². The molecule has 0 bridgehead atoms. The van der Waals surface area contributed by atoms with Crippen molar-refractivity contribution in [2.45, 2.75) is 45.4 Å². The molecular weight excluding hydrogens is 226 g/mol. The molecule has 4 nitrogen and oxygen atoms in total. The minimum Gasteiger partial charge on any atom is -0.481 e. The summed E-state index contributed by atoms with van der Waals surface area (Å²) in [6, 6.07) is -0.234. The number of thioether (sulfide) groups is 1. The number of amides is 1. The zero-order valence-electron chi connectivity index (χ0n) is 10.4. The van der Waals surface area contributed by atoms with Gasteiger partial charge >= 0.3 is 5.97 Å². The van der Waals surface area contributed by atoms with Gasteiger partial charge in [0.25, 0.3) is 0 Å². The molecule has 94 valence electrons. The Labute approximate surface area is 101 Å². The first kappa shape index (κ1) is 15.3. The van der Waals surface area contributed by atoms with Crippen LogP contribution >= 0.6 is 11.8 Å². The number of carbonyl (C=O) groups is 2. The summed E-state index contributed by atoms with van der Waals surface area (Å²) in [6.45, 7) is 8.28. The lowest BCUT2D eigenvalue weighted by Gasteiger charge is -2.27. The maximum atomic E-state index is 11.8. The number of hydrogen-bond acceptors (Lipinski definition) is 3. The fourth-order valence-electron chi connectivity index (χ4n) is 1.42. The van der Waals surface area contributed by atoms with Crippen molar-refractivity contribution in [3.8, 4) is 0 Å². The van der Waals surface area contributed by atoms with Crippen LogP contribution in [-0.2, 0) is 9.59 Å². The fraction of sp³-hybridized carbons (Fsp3) is 0.818. The molecule has 0 aliphatic rings. The van der Waals surface area contributed by atoms with Crippen molar-refractivity contribution < 1.29 is 14.7 Å². The summed E-state index contributed by atoms with van der Waals surface area (Å²) in [4.78, 5) is 24.0. The van der Waals surface area contributed by atoms with Gasteiger partial charge in [-0.15, -0.1) is 11.8 Å². The Balaban J connectivity index is 4.24. The van der Waals surface area contributed by atoms with Crippen molar-refractivity contribution in [3.63, 3.8) is 0 Å². The molecule has 0 radical (unpaired) electrons. The van der Waals surface area contributed by atoms with Gasteiger partial charge in [0.1, 0.15) is 0 Å². The second kappa shape index (κ2) is 7.54. The molecule has 1 amide bonds. The number of carboxylic acids is 1. The zero-order chi connectivity index (χ0) is 12.7. The molecule has 0 spiro atoms. The SMILES string of the molecule is CCN(C(=O)CSC(C)C)C(C)CC(=O)O. The fourth-order valence-corrected chi connectivity index (χ4v) is 2.06. The summed E-state index contributed by atoms with van der Waals surface area (Å²) in [7, 11) is 0. The largest absolute Gasteiger partial charge is 0.481 e. The summed E-state index contributed by atoms with van der Waals surface area (Å²) in [5.41, 5.74) is 0. The molecule has 0 saturated carbocycles. The van der Waals surface area contributed by atoms with Crippen LogP contribution < -0.4 is 0 Å². The first-order valence-electron chi connectivity index (χ1n) is 5.51. The minimum atomic E-state index is -0.865. The number of aliphatic carboxylic acids is 1. The van der Waals surface area contributed by atoms with Gasteiger partial charge in [-0.1, -0.05) is 13.8 Å². The zero-order valence-corrected chi connectivity index (χ0v) is 11.2. The second-order valence-corrected chi connectivity index (χ2v) is 5.55. The van der Waals surface area contributed by atoms with Crippen LogP contribution in [0.5, 0.6) is 0 Å². The van der Waals surface area contributed by atoms with E-state index in [9.17, 15) is 9.59 Å². The highest BCUT2D eigenvalue weighted by molar-refractivity contribution is 8.00. The third-order valence-corrected chi connectivity index (χ3v) is 3.28. The Kier molecular flexibility index (Phi) is 7.21. The van der Waals surface area contributed by atoms with Gasteiger partial charge in [-0.3, -0.25) is 9.59 Å². The number of nitrogens with zero attached hydrogens (tertiary/aromatic N) is 1. The van der Waals surface area contributed by atoms with Gasteiger partial charge in [-0.2, -0.15) is 0 Å². The van der Waals surface area contributed by atoms with E-state index in [1.165, 1.54) is 0 Å². The van der Waals surface area contributed by atoms with Crippen LogP contribution in [0.2, 0.25) is 0 Å². The van der Waals surface area contributed by atoms with E-state index in [0.29, 0.717) is 17.5 Å². The van der Waals surface area contributed by atoms with E-state index in [1.54, 1.807) is 23.6 Å². The van der Waals surface area contributed by atoms with Crippen LogP contribution in [-0.4, -0.2) is 45.5 Å². The van der Waals surface area contributed by atoms with Crippen LogP contribution in [0, 0.1) is 0 Å². The number of carboxylic acid groups (broad SMARTS) is 1. The Morgan fingerprint density at radius 2 is 1.88 bits per heavy atom. The summed E-state index contributed by atoms with van der Waals surface area (Å²) >= 11 is 1.58. The lowest BCUT2D eigenvalue weighted by molar-refractivity contribution is -0.139. The highest BCUT2D eigenvalue weighted by Crippen LogP contribution is 2.12. The molecule has 0 aliphatic carbocycles. The average molecular weight is 247 g/mol. The molecule has 0 saturated heterocycles. The molecule has 1 N–H and O–H groups in total. The van der Waals surface area contributed by atoms with E-state index in [1.807, 2.05) is 20.8 Å². The van der Waals surface area contributed by atoms with E-state index < -0.39 is 5.97 Å². The summed E-state index contributed by atoms with van der Waals surface area (Å²) < 4.78 is 0. The van der Waals surface area contributed by atoms with Gasteiger partial charge in [0.2, 0.25) is 5.91 Å². The van der Waals surface area contributed by atoms with E-state index in [2.05, 4.69) is 0 Å². The monoisotopic (exact) mass is 247 g/mol. The van der Waals surface area contributed by atoms with Crippen molar-refractivity contribution in [1.82, 2.24) is 4.90 Å². The highest BCUT2D eigenvalue weighted by atomic mass is 32.2. The van der Waals surface area contributed by atoms with E-state index in [0.717, 1.165) is 0 Å². The van der Waals surface area contributed by atoms with Crippen molar-refractivity contribution in [2.24, 2.45) is 0 Å². The number of hydrogen-bond donors (Lipinski definition) is 1. The van der Waals surface area contributed by atoms with Gasteiger partial charge in [0.05, 0.1) is 12.2 Å². The molecule has 0 aromatic carbocycles. The number of carbonyl (C=O) groups excluding carboxylic acids is 1. The van der Waals surface area contributed by atoms with Gasteiger partial charge < -0.3 is 10.0 Å². The molecule has 1 atom stereocenters. The molecule has 0 heterocycles. The van der Waals surface area contributed by atoms with E-state index >= 15 is 0 Å². The maximum absolute atomic E-state index is 11.8. The van der Waals surface area contributed by atoms with Gasteiger partial charge in [-0.05, 0) is 19.1 Å². The van der Waals surface area contributed by atoms with Crippen molar-refractivity contribution >= 4 is 23.6 Å². The molecule has 16 heavy (non-hydrogen) atoms. The minimum absolute atomic E-state index is 0.00588. The first-order chi connectivity index (χ1) is 7.38. The lowest BCUT2D eigenvalue weighted by Crippen LogP contribution is -2.40. The molecule has 0 rings (SSSR count). The Hall–Kier alpha value is -0.710. The van der Waals surface area contributed by atoms with Crippen LogP contribution in [0.25, 0.3) is 0 Å². The third-order valence-electron chi connectivity index (χ3n) is 2.20. The quantitative estimate of drug-likeness (QED) is 0.746.